The van der Waals surface area contributed by atoms with E-state index in [1.165, 1.54) is 6.07 Å². The number of sulfonamides is 1. The number of nitrogens with two attached hydrogens (primary N) is 1. The van der Waals surface area contributed by atoms with Crippen LogP contribution in [0.15, 0.2) is 23.1 Å². The molecule has 0 heterocycles. The molecule has 1 rings (SSSR count). The van der Waals surface area contributed by atoms with E-state index in [4.69, 9.17) is 15.9 Å². The molecule has 0 saturated carbocycles. The first-order valence-electron chi connectivity index (χ1n) is 5.57. The summed E-state index contributed by atoms with van der Waals surface area (Å²) in [6, 6.07) is 2.85. The lowest BCUT2D eigenvalue weighted by Crippen LogP contribution is -2.37. The van der Waals surface area contributed by atoms with Gasteiger partial charge in [0.25, 0.3) is 0 Å². The molecule has 0 bridgehead atoms. The highest BCUT2D eigenvalue weighted by molar-refractivity contribution is 7.89. The van der Waals surface area contributed by atoms with Crippen LogP contribution in [0.5, 0.6) is 0 Å². The van der Waals surface area contributed by atoms with Crippen LogP contribution in [0, 0.1) is 0 Å². The van der Waals surface area contributed by atoms with Gasteiger partial charge in [0.1, 0.15) is 0 Å². The van der Waals surface area contributed by atoms with Gasteiger partial charge in [-0.15, -0.1) is 0 Å². The van der Waals surface area contributed by atoms with Gasteiger partial charge in [-0.2, -0.15) is 0 Å². The van der Waals surface area contributed by atoms with E-state index in [0.717, 1.165) is 12.1 Å². The number of carbonyl (C=O) groups is 1. The third kappa shape index (κ3) is 3.66. The molecular weight excluding hydrogens is 272 g/mol. The van der Waals surface area contributed by atoms with E-state index < -0.39 is 27.6 Å². The molecule has 1 aromatic rings. The molecule has 0 aliphatic rings. The predicted molar refractivity (Wildman–Crippen MR) is 69.3 cm³/mol. The van der Waals surface area contributed by atoms with E-state index in [0.29, 0.717) is 6.42 Å². The number of rotatable bonds is 6. The van der Waals surface area contributed by atoms with Crippen LogP contribution in [0.3, 0.4) is 0 Å². The molecule has 0 aliphatic carbocycles. The van der Waals surface area contributed by atoms with Gasteiger partial charge in [0.15, 0.2) is 0 Å². The van der Waals surface area contributed by atoms with Crippen LogP contribution in [-0.4, -0.2) is 37.2 Å². The van der Waals surface area contributed by atoms with Crippen molar-refractivity contribution < 1.29 is 23.4 Å². The minimum Gasteiger partial charge on any atom is -0.478 e. The zero-order chi connectivity index (χ0) is 14.6. The zero-order valence-electron chi connectivity index (χ0n) is 10.3. The molecule has 0 amide bonds. The van der Waals surface area contributed by atoms with Crippen LogP contribution in [-0.2, 0) is 10.0 Å². The van der Waals surface area contributed by atoms with Gasteiger partial charge in [0, 0.05) is 11.7 Å². The molecule has 0 radical (unpaired) electrons. The molecule has 0 saturated heterocycles. The maximum atomic E-state index is 12.1. The summed E-state index contributed by atoms with van der Waals surface area (Å²) in [4.78, 5) is 10.7. The Labute approximate surface area is 111 Å². The van der Waals surface area contributed by atoms with E-state index >= 15 is 0 Å². The number of aromatic carboxylic acids is 1. The molecule has 0 spiro atoms. The summed E-state index contributed by atoms with van der Waals surface area (Å²) >= 11 is 0. The molecule has 0 aliphatic heterocycles. The smallest absolute Gasteiger partial charge is 0.337 e. The first-order valence-corrected chi connectivity index (χ1v) is 7.06. The number of aliphatic hydroxyl groups is 1. The second-order valence-corrected chi connectivity index (χ2v) is 5.65. The van der Waals surface area contributed by atoms with Gasteiger partial charge in [0.2, 0.25) is 10.0 Å². The Kier molecular flexibility index (Phi) is 4.87. The molecule has 19 heavy (non-hydrogen) atoms. The highest BCUT2D eigenvalue weighted by Gasteiger charge is 2.24. The van der Waals surface area contributed by atoms with E-state index in [1.54, 1.807) is 6.92 Å². The maximum Gasteiger partial charge on any atom is 0.337 e. The average Bonchev–Trinajstić information content (AvgIpc) is 2.35. The Balaban J connectivity index is 3.25. The molecule has 8 heteroatoms. The molecule has 106 valence electrons. The van der Waals surface area contributed by atoms with Crippen molar-refractivity contribution in [2.45, 2.75) is 24.3 Å². The largest absolute Gasteiger partial charge is 0.478 e. The number of hydrogen-bond donors (Lipinski definition) is 4. The van der Waals surface area contributed by atoms with Gasteiger partial charge >= 0.3 is 5.97 Å². The van der Waals surface area contributed by atoms with E-state index in [-0.39, 0.29) is 17.2 Å². The SMILES string of the molecule is CC[C@@H](CO)NS(=O)(=O)c1ccc(N)cc1C(=O)O. The zero-order valence-corrected chi connectivity index (χ0v) is 11.1. The summed E-state index contributed by atoms with van der Waals surface area (Å²) in [6.07, 6.45) is 0.382. The van der Waals surface area contributed by atoms with Gasteiger partial charge in [-0.3, -0.25) is 0 Å². The Morgan fingerprint density at radius 3 is 2.58 bits per heavy atom. The normalized spacial score (nSPS) is 13.2. The fraction of sp³-hybridized carbons (Fsp3) is 0.364. The van der Waals surface area contributed by atoms with Gasteiger partial charge in [-0.05, 0) is 24.6 Å². The third-order valence-electron chi connectivity index (χ3n) is 2.56. The van der Waals surface area contributed by atoms with Gasteiger partial charge < -0.3 is 15.9 Å². The molecule has 0 fully saturated rings. The number of aliphatic hydroxyl groups excluding tert-OH is 1. The first-order chi connectivity index (χ1) is 8.81. The Morgan fingerprint density at radius 1 is 1.47 bits per heavy atom. The van der Waals surface area contributed by atoms with Gasteiger partial charge in [0.05, 0.1) is 17.1 Å². The standard InChI is InChI=1S/C11H16N2O5S/c1-2-8(6-14)13-19(17,18)10-4-3-7(12)5-9(10)11(15)16/h3-5,8,13-14H,2,6,12H2,1H3,(H,15,16)/t8-/m0/s1. The quantitative estimate of drug-likeness (QED) is 0.546. The minimum atomic E-state index is -4.02. The van der Waals surface area contributed by atoms with Crippen molar-refractivity contribution >= 4 is 21.7 Å². The highest BCUT2D eigenvalue weighted by Crippen LogP contribution is 2.19. The van der Waals surface area contributed by atoms with E-state index in [9.17, 15) is 13.2 Å². The fourth-order valence-electron chi connectivity index (χ4n) is 1.48. The van der Waals surface area contributed by atoms with Crippen LogP contribution in [0.1, 0.15) is 23.7 Å². The maximum absolute atomic E-state index is 12.1. The van der Waals surface area contributed by atoms with Crippen LogP contribution >= 0.6 is 0 Å². The monoisotopic (exact) mass is 288 g/mol. The number of anilines is 1. The summed E-state index contributed by atoms with van der Waals surface area (Å²) < 4.78 is 26.4. The molecule has 0 aromatic heterocycles. The third-order valence-corrected chi connectivity index (χ3v) is 4.14. The summed E-state index contributed by atoms with van der Waals surface area (Å²) in [7, 11) is -4.02. The molecule has 0 unspecified atom stereocenters. The lowest BCUT2D eigenvalue weighted by atomic mass is 10.2. The second-order valence-electron chi connectivity index (χ2n) is 3.97. The van der Waals surface area contributed by atoms with Crippen LogP contribution in [0.4, 0.5) is 5.69 Å². The Morgan fingerprint density at radius 2 is 2.11 bits per heavy atom. The first kappa shape index (κ1) is 15.4. The van der Waals surface area contributed by atoms with Crippen LogP contribution in [0.25, 0.3) is 0 Å². The van der Waals surface area contributed by atoms with E-state index in [1.807, 2.05) is 0 Å². The van der Waals surface area contributed by atoms with Crippen molar-refractivity contribution in [3.05, 3.63) is 23.8 Å². The fourth-order valence-corrected chi connectivity index (χ4v) is 2.97. The second kappa shape index (κ2) is 6.00. The summed E-state index contributed by atoms with van der Waals surface area (Å²) in [5.41, 5.74) is 5.20. The number of benzene rings is 1. The number of carboxylic acids is 1. The Bertz CT molecular complexity index is 566. The highest BCUT2D eigenvalue weighted by atomic mass is 32.2. The van der Waals surface area contributed by atoms with Gasteiger partial charge in [-0.25, -0.2) is 17.9 Å². The van der Waals surface area contributed by atoms with Crippen molar-refractivity contribution in [2.75, 3.05) is 12.3 Å². The van der Waals surface area contributed by atoms with Crippen molar-refractivity contribution in [3.63, 3.8) is 0 Å². The van der Waals surface area contributed by atoms with Crippen molar-refractivity contribution in [3.8, 4) is 0 Å². The van der Waals surface area contributed by atoms with Gasteiger partial charge in [-0.1, -0.05) is 6.92 Å². The van der Waals surface area contributed by atoms with E-state index in [2.05, 4.69) is 4.72 Å². The van der Waals surface area contributed by atoms with Crippen molar-refractivity contribution in [1.29, 1.82) is 0 Å². The molecule has 7 nitrogen and oxygen atoms in total. The van der Waals surface area contributed by atoms with Crippen LogP contribution < -0.4 is 10.5 Å². The van der Waals surface area contributed by atoms with Crippen molar-refractivity contribution in [2.24, 2.45) is 0 Å². The topological polar surface area (TPSA) is 130 Å². The number of hydrogen-bond acceptors (Lipinski definition) is 5. The van der Waals surface area contributed by atoms with Crippen molar-refractivity contribution in [1.82, 2.24) is 4.72 Å². The molecule has 1 atom stereocenters. The summed E-state index contributed by atoms with van der Waals surface area (Å²) in [5.74, 6) is -1.38. The molecular formula is C11H16N2O5S. The minimum absolute atomic E-state index is 0.158. The Hall–Kier alpha value is -1.64. The number of nitrogen functional groups attached to an aromatic ring is 1. The number of nitrogens with one attached hydrogen (secondary N) is 1. The van der Waals surface area contributed by atoms with Crippen LogP contribution in [0.2, 0.25) is 0 Å². The lowest BCUT2D eigenvalue weighted by Gasteiger charge is -2.15. The summed E-state index contributed by atoms with van der Waals surface area (Å²) in [6.45, 7) is 1.33. The molecule has 1 aromatic carbocycles. The predicted octanol–water partition coefficient (Wildman–Crippen LogP) is 0.0162. The summed E-state index contributed by atoms with van der Waals surface area (Å²) in [5, 5.41) is 18.0. The number of carboxylic acid groups (broad SMARTS) is 1. The molecule has 5 N–H and O–H groups in total. The average molecular weight is 288 g/mol. The lowest BCUT2D eigenvalue weighted by molar-refractivity contribution is 0.0692.